The second kappa shape index (κ2) is 10.6. The number of ether oxygens (including phenoxy) is 1. The number of aromatic amines is 1. The second-order valence-electron chi connectivity index (χ2n) is 8.53. The topological polar surface area (TPSA) is 86.5 Å². The smallest absolute Gasteiger partial charge is 0.267 e. The first kappa shape index (κ1) is 24.3. The number of hydrogen-bond acceptors (Lipinski definition) is 4. The van der Waals surface area contributed by atoms with Gasteiger partial charge in [0.05, 0.1) is 12.7 Å². The molecule has 0 spiro atoms. The normalized spacial score (nSPS) is 13.7. The minimum Gasteiger partial charge on any atom is -0.497 e. The Morgan fingerprint density at radius 2 is 1.86 bits per heavy atom. The van der Waals surface area contributed by atoms with Crippen LogP contribution in [0.2, 0.25) is 0 Å². The standard InChI is InChI=1S/C28H32N4O3/c1-5-32(6-2)15-14-29-28(34)25-16-18(3)24(30-25)17-22-26-21(8-7-9-23(26)31-27(22)33)19-10-12-20(35-4)13-11-19/h7-13,16-17,30H,5-6,14-15H2,1-4H3,(H,29,34)(H,31,33)/b22-17-. The molecule has 7 heteroatoms. The molecule has 0 bridgehead atoms. The van der Waals surface area contributed by atoms with E-state index in [1.165, 1.54) is 0 Å². The van der Waals surface area contributed by atoms with E-state index in [1.54, 1.807) is 7.11 Å². The average Bonchev–Trinajstić information content (AvgIpc) is 3.41. The number of likely N-dealkylation sites (N-methyl/N-ethyl adjacent to an activating group) is 1. The number of hydrogen-bond donors (Lipinski definition) is 3. The summed E-state index contributed by atoms with van der Waals surface area (Å²) in [6.45, 7) is 9.43. The van der Waals surface area contributed by atoms with E-state index in [0.717, 1.165) is 59.0 Å². The predicted molar refractivity (Wildman–Crippen MR) is 141 cm³/mol. The number of aromatic nitrogens is 1. The van der Waals surface area contributed by atoms with Crippen molar-refractivity contribution in [2.24, 2.45) is 0 Å². The maximum absolute atomic E-state index is 12.9. The Kier molecular flexibility index (Phi) is 7.36. The number of rotatable bonds is 9. The number of methoxy groups -OCH3 is 1. The summed E-state index contributed by atoms with van der Waals surface area (Å²) in [5, 5.41) is 5.94. The Morgan fingerprint density at radius 1 is 1.11 bits per heavy atom. The van der Waals surface area contributed by atoms with Crippen LogP contribution in [0.4, 0.5) is 5.69 Å². The fraction of sp³-hybridized carbons (Fsp3) is 0.286. The number of amides is 2. The van der Waals surface area contributed by atoms with Crippen molar-refractivity contribution in [3.05, 3.63) is 71.0 Å². The van der Waals surface area contributed by atoms with Crippen molar-refractivity contribution < 1.29 is 14.3 Å². The third-order valence-corrected chi connectivity index (χ3v) is 6.42. The molecule has 2 heterocycles. The Labute approximate surface area is 206 Å². The Hall–Kier alpha value is -3.84. The number of H-pyrrole nitrogens is 1. The summed E-state index contributed by atoms with van der Waals surface area (Å²) in [6, 6.07) is 15.4. The van der Waals surface area contributed by atoms with Crippen molar-refractivity contribution >= 4 is 29.2 Å². The van der Waals surface area contributed by atoms with Crippen LogP contribution in [0.1, 0.15) is 41.2 Å². The number of aryl methyl sites for hydroxylation is 1. The highest BCUT2D eigenvalue weighted by atomic mass is 16.5. The van der Waals surface area contributed by atoms with Crippen LogP contribution in [0.15, 0.2) is 48.5 Å². The molecule has 3 N–H and O–H groups in total. The maximum atomic E-state index is 12.9. The van der Waals surface area contributed by atoms with Gasteiger partial charge in [0.2, 0.25) is 0 Å². The fourth-order valence-electron chi connectivity index (χ4n) is 4.35. The molecule has 0 aliphatic carbocycles. The van der Waals surface area contributed by atoms with Gasteiger partial charge in [-0.15, -0.1) is 0 Å². The Bertz CT molecular complexity index is 1250. The summed E-state index contributed by atoms with van der Waals surface area (Å²) in [5.74, 6) is 0.455. The van der Waals surface area contributed by atoms with Crippen molar-refractivity contribution in [3.8, 4) is 16.9 Å². The first-order chi connectivity index (χ1) is 16.9. The molecule has 0 unspecified atom stereocenters. The van der Waals surface area contributed by atoms with Gasteiger partial charge in [-0.05, 0) is 67.0 Å². The summed E-state index contributed by atoms with van der Waals surface area (Å²) >= 11 is 0. The van der Waals surface area contributed by atoms with E-state index in [-0.39, 0.29) is 11.8 Å². The summed E-state index contributed by atoms with van der Waals surface area (Å²) in [5.41, 5.74) is 6.24. The number of benzene rings is 2. The quantitative estimate of drug-likeness (QED) is 0.399. The highest BCUT2D eigenvalue weighted by molar-refractivity contribution is 6.36. The zero-order valence-electron chi connectivity index (χ0n) is 20.7. The van der Waals surface area contributed by atoms with Crippen LogP contribution >= 0.6 is 0 Å². The maximum Gasteiger partial charge on any atom is 0.267 e. The first-order valence-corrected chi connectivity index (χ1v) is 12.0. The van der Waals surface area contributed by atoms with Gasteiger partial charge in [0, 0.05) is 30.0 Å². The Morgan fingerprint density at radius 3 is 2.54 bits per heavy atom. The van der Waals surface area contributed by atoms with Crippen LogP contribution in [0.3, 0.4) is 0 Å². The van der Waals surface area contributed by atoms with Crippen LogP contribution < -0.4 is 15.4 Å². The van der Waals surface area contributed by atoms with Crippen LogP contribution in [0.5, 0.6) is 5.75 Å². The van der Waals surface area contributed by atoms with Crippen molar-refractivity contribution in [1.29, 1.82) is 0 Å². The molecule has 182 valence electrons. The molecular weight excluding hydrogens is 440 g/mol. The summed E-state index contributed by atoms with van der Waals surface area (Å²) in [7, 11) is 1.64. The number of fused-ring (bicyclic) bond motifs is 1. The molecule has 4 rings (SSSR count). The lowest BCUT2D eigenvalue weighted by atomic mass is 9.94. The molecule has 0 fully saturated rings. The third kappa shape index (κ3) is 5.15. The van der Waals surface area contributed by atoms with E-state index in [4.69, 9.17) is 4.74 Å². The zero-order valence-corrected chi connectivity index (χ0v) is 20.7. The number of nitrogens with one attached hydrogen (secondary N) is 3. The molecule has 1 aromatic heterocycles. The van der Waals surface area contributed by atoms with Crippen LogP contribution in [0.25, 0.3) is 22.8 Å². The van der Waals surface area contributed by atoms with Crippen molar-refractivity contribution in [3.63, 3.8) is 0 Å². The van der Waals surface area contributed by atoms with Crippen molar-refractivity contribution in [1.82, 2.24) is 15.2 Å². The Balaban J connectivity index is 1.61. The van der Waals surface area contributed by atoms with E-state index in [1.807, 2.05) is 61.5 Å². The summed E-state index contributed by atoms with van der Waals surface area (Å²) in [4.78, 5) is 31.1. The van der Waals surface area contributed by atoms with E-state index in [2.05, 4.69) is 34.4 Å². The van der Waals surface area contributed by atoms with Gasteiger partial charge in [-0.3, -0.25) is 9.59 Å². The molecule has 0 saturated carbocycles. The zero-order chi connectivity index (χ0) is 24.9. The lowest BCUT2D eigenvalue weighted by Crippen LogP contribution is -2.34. The minimum atomic E-state index is -0.166. The van der Waals surface area contributed by atoms with Gasteiger partial charge in [-0.2, -0.15) is 0 Å². The highest BCUT2D eigenvalue weighted by Crippen LogP contribution is 2.40. The predicted octanol–water partition coefficient (Wildman–Crippen LogP) is 4.56. The molecule has 0 saturated heterocycles. The van der Waals surface area contributed by atoms with E-state index < -0.39 is 0 Å². The molecule has 0 atom stereocenters. The second-order valence-corrected chi connectivity index (χ2v) is 8.53. The van der Waals surface area contributed by atoms with Crippen LogP contribution in [-0.4, -0.2) is 55.0 Å². The molecule has 3 aromatic rings. The summed E-state index contributed by atoms with van der Waals surface area (Å²) in [6.07, 6.45) is 1.83. The van der Waals surface area contributed by atoms with Gasteiger partial charge in [0.15, 0.2) is 0 Å². The molecule has 0 radical (unpaired) electrons. The van der Waals surface area contributed by atoms with Gasteiger partial charge in [-0.1, -0.05) is 38.1 Å². The molecule has 35 heavy (non-hydrogen) atoms. The van der Waals surface area contributed by atoms with E-state index >= 15 is 0 Å². The minimum absolute atomic E-state index is 0.153. The largest absolute Gasteiger partial charge is 0.497 e. The van der Waals surface area contributed by atoms with Crippen LogP contribution in [-0.2, 0) is 4.79 Å². The van der Waals surface area contributed by atoms with Gasteiger partial charge in [0.1, 0.15) is 11.4 Å². The molecule has 1 aliphatic rings. The molecule has 2 amide bonds. The highest BCUT2D eigenvalue weighted by Gasteiger charge is 2.28. The fourth-order valence-corrected chi connectivity index (χ4v) is 4.35. The number of anilines is 1. The molecular formula is C28H32N4O3. The van der Waals surface area contributed by atoms with Crippen LogP contribution in [0, 0.1) is 6.92 Å². The van der Waals surface area contributed by atoms with E-state index in [0.29, 0.717) is 17.8 Å². The molecule has 7 nitrogen and oxygen atoms in total. The van der Waals surface area contributed by atoms with Gasteiger partial charge in [-0.25, -0.2) is 0 Å². The monoisotopic (exact) mass is 472 g/mol. The first-order valence-electron chi connectivity index (χ1n) is 12.0. The number of carbonyl (C=O) groups is 2. The van der Waals surface area contributed by atoms with Gasteiger partial charge in [0.25, 0.3) is 11.8 Å². The molecule has 2 aromatic carbocycles. The lowest BCUT2D eigenvalue weighted by molar-refractivity contribution is -0.110. The lowest BCUT2D eigenvalue weighted by Gasteiger charge is -2.17. The van der Waals surface area contributed by atoms with Gasteiger partial charge >= 0.3 is 0 Å². The average molecular weight is 473 g/mol. The third-order valence-electron chi connectivity index (χ3n) is 6.42. The SMILES string of the molecule is CCN(CC)CCNC(=O)c1cc(C)c(/C=C2\C(=O)Nc3cccc(-c4ccc(OC)cc4)c32)[nH]1. The van der Waals surface area contributed by atoms with Crippen molar-refractivity contribution in [2.45, 2.75) is 20.8 Å². The summed E-state index contributed by atoms with van der Waals surface area (Å²) < 4.78 is 5.28. The number of nitrogens with zero attached hydrogens (tertiary/aromatic N) is 1. The molecule has 1 aliphatic heterocycles. The number of carbonyl (C=O) groups excluding carboxylic acids is 2. The van der Waals surface area contributed by atoms with Gasteiger partial charge < -0.3 is 25.3 Å². The van der Waals surface area contributed by atoms with E-state index in [9.17, 15) is 9.59 Å². The van der Waals surface area contributed by atoms with Crippen molar-refractivity contribution in [2.75, 3.05) is 38.6 Å².